The largest absolute Gasteiger partial charge is 0.300 e. The fraction of sp³-hybridized carbons (Fsp3) is 0.500. The second-order valence-corrected chi connectivity index (χ2v) is 5.70. The van der Waals surface area contributed by atoms with Crippen LogP contribution in [-0.4, -0.2) is 31.1 Å². The quantitative estimate of drug-likeness (QED) is 0.898. The van der Waals surface area contributed by atoms with Gasteiger partial charge in [-0.3, -0.25) is 4.79 Å². The van der Waals surface area contributed by atoms with Crippen molar-refractivity contribution in [1.29, 1.82) is 0 Å². The van der Waals surface area contributed by atoms with Gasteiger partial charge in [-0.05, 0) is 10.4 Å². The Hall–Kier alpha value is -1.83. The van der Waals surface area contributed by atoms with Gasteiger partial charge >= 0.3 is 0 Å². The van der Waals surface area contributed by atoms with Crippen molar-refractivity contribution < 1.29 is 4.79 Å². The van der Waals surface area contributed by atoms with Crippen molar-refractivity contribution >= 4 is 22.4 Å². The lowest BCUT2D eigenvalue weighted by atomic mass is 9.93. The molecule has 0 fully saturated rings. The molecule has 0 aromatic carbocycles. The van der Waals surface area contributed by atoms with Crippen LogP contribution in [0.15, 0.2) is 11.7 Å². The summed E-state index contributed by atoms with van der Waals surface area (Å²) in [5.41, 5.74) is 0.945. The van der Waals surface area contributed by atoms with E-state index in [0.29, 0.717) is 5.13 Å². The van der Waals surface area contributed by atoms with E-state index in [9.17, 15) is 4.79 Å². The summed E-state index contributed by atoms with van der Waals surface area (Å²) >= 11 is 1.41. The molecule has 0 spiro atoms. The molecular formula is C10H14N6OS. The van der Waals surface area contributed by atoms with Gasteiger partial charge in [0.05, 0.1) is 5.69 Å². The molecule has 0 saturated heterocycles. The number of nitrogens with zero attached hydrogens (tertiary/aromatic N) is 5. The van der Waals surface area contributed by atoms with Crippen LogP contribution in [0.2, 0.25) is 0 Å². The third-order valence-corrected chi connectivity index (χ3v) is 2.97. The summed E-state index contributed by atoms with van der Waals surface area (Å²) in [6.07, 6.45) is 1.39. The van der Waals surface area contributed by atoms with Crippen molar-refractivity contribution in [2.75, 3.05) is 5.32 Å². The maximum absolute atomic E-state index is 11.7. The minimum absolute atomic E-state index is 0.0186. The van der Waals surface area contributed by atoms with Crippen LogP contribution in [-0.2, 0) is 16.8 Å². The van der Waals surface area contributed by atoms with Crippen molar-refractivity contribution in [1.82, 2.24) is 25.2 Å². The second kappa shape index (κ2) is 4.81. The Labute approximate surface area is 108 Å². The Morgan fingerprint density at radius 2 is 2.28 bits per heavy atom. The van der Waals surface area contributed by atoms with Gasteiger partial charge in [-0.15, -0.1) is 16.4 Å². The van der Waals surface area contributed by atoms with E-state index in [4.69, 9.17) is 0 Å². The summed E-state index contributed by atoms with van der Waals surface area (Å²) in [5, 5.41) is 15.8. The first-order valence-electron chi connectivity index (χ1n) is 5.42. The third-order valence-electron chi connectivity index (χ3n) is 2.22. The summed E-state index contributed by atoms with van der Waals surface area (Å²) in [7, 11) is 0. The highest BCUT2D eigenvalue weighted by Gasteiger charge is 2.18. The molecule has 2 aromatic rings. The van der Waals surface area contributed by atoms with E-state index in [-0.39, 0.29) is 17.9 Å². The van der Waals surface area contributed by atoms with Gasteiger partial charge in [0.15, 0.2) is 5.13 Å². The maximum atomic E-state index is 11.7. The van der Waals surface area contributed by atoms with E-state index in [1.807, 2.05) is 5.38 Å². The van der Waals surface area contributed by atoms with E-state index in [0.717, 1.165) is 5.69 Å². The van der Waals surface area contributed by atoms with Gasteiger partial charge in [0.1, 0.15) is 12.9 Å². The average Bonchev–Trinajstić information content (AvgIpc) is 2.87. The van der Waals surface area contributed by atoms with Crippen molar-refractivity contribution in [2.24, 2.45) is 0 Å². The second-order valence-electron chi connectivity index (χ2n) is 4.84. The van der Waals surface area contributed by atoms with Crippen LogP contribution in [0.1, 0.15) is 26.5 Å². The molecule has 1 amide bonds. The van der Waals surface area contributed by atoms with Gasteiger partial charge in [-0.25, -0.2) is 9.67 Å². The standard InChI is InChI=1S/C10H14N6OS/c1-10(2,3)7-5-18-9(12-7)13-8(17)4-16-6-11-14-15-16/h5-6H,4H2,1-3H3,(H,12,13,17). The molecule has 0 aliphatic heterocycles. The number of carbonyl (C=O) groups is 1. The Morgan fingerprint density at radius 3 is 2.83 bits per heavy atom. The molecule has 7 nitrogen and oxygen atoms in total. The molecule has 18 heavy (non-hydrogen) atoms. The van der Waals surface area contributed by atoms with Gasteiger partial charge in [-0.1, -0.05) is 20.8 Å². The van der Waals surface area contributed by atoms with Gasteiger partial charge in [0, 0.05) is 10.8 Å². The van der Waals surface area contributed by atoms with Crippen LogP contribution in [0.4, 0.5) is 5.13 Å². The first-order valence-corrected chi connectivity index (χ1v) is 6.30. The van der Waals surface area contributed by atoms with Gasteiger partial charge in [-0.2, -0.15) is 0 Å². The summed E-state index contributed by atoms with van der Waals surface area (Å²) in [6, 6.07) is 0. The molecule has 0 atom stereocenters. The van der Waals surface area contributed by atoms with Crippen LogP contribution in [0.3, 0.4) is 0 Å². The topological polar surface area (TPSA) is 85.6 Å². The lowest BCUT2D eigenvalue weighted by molar-refractivity contribution is -0.116. The van der Waals surface area contributed by atoms with Crippen molar-refractivity contribution in [2.45, 2.75) is 32.7 Å². The third kappa shape index (κ3) is 3.10. The number of hydrogen-bond acceptors (Lipinski definition) is 6. The predicted octanol–water partition coefficient (Wildman–Crippen LogP) is 1.07. The van der Waals surface area contributed by atoms with E-state index < -0.39 is 0 Å². The Morgan fingerprint density at radius 1 is 1.50 bits per heavy atom. The normalized spacial score (nSPS) is 11.5. The lowest BCUT2D eigenvalue weighted by Gasteiger charge is -2.14. The molecule has 2 rings (SSSR count). The van der Waals surface area contributed by atoms with Crippen LogP contribution < -0.4 is 5.32 Å². The summed E-state index contributed by atoms with van der Waals surface area (Å²) in [6.45, 7) is 6.32. The zero-order valence-corrected chi connectivity index (χ0v) is 11.2. The number of anilines is 1. The monoisotopic (exact) mass is 266 g/mol. The molecule has 96 valence electrons. The molecule has 0 aliphatic rings. The van der Waals surface area contributed by atoms with E-state index in [2.05, 4.69) is 46.6 Å². The molecule has 0 radical (unpaired) electrons. The smallest absolute Gasteiger partial charge is 0.248 e. The number of nitrogens with one attached hydrogen (secondary N) is 1. The predicted molar refractivity (Wildman–Crippen MR) is 67.3 cm³/mol. The maximum Gasteiger partial charge on any atom is 0.248 e. The first kappa shape index (κ1) is 12.6. The highest BCUT2D eigenvalue weighted by atomic mass is 32.1. The highest BCUT2D eigenvalue weighted by Crippen LogP contribution is 2.26. The highest BCUT2D eigenvalue weighted by molar-refractivity contribution is 7.13. The fourth-order valence-corrected chi connectivity index (χ4v) is 2.19. The molecule has 0 aliphatic carbocycles. The number of hydrogen-bond donors (Lipinski definition) is 1. The first-order chi connectivity index (χ1) is 8.45. The zero-order chi connectivity index (χ0) is 13.2. The molecular weight excluding hydrogens is 252 g/mol. The minimum atomic E-state index is -0.197. The molecule has 2 heterocycles. The van der Waals surface area contributed by atoms with Crippen molar-refractivity contribution in [3.63, 3.8) is 0 Å². The fourth-order valence-electron chi connectivity index (χ4n) is 1.23. The van der Waals surface area contributed by atoms with E-state index in [1.165, 1.54) is 22.3 Å². The Bertz CT molecular complexity index is 527. The SMILES string of the molecule is CC(C)(C)c1csc(NC(=O)Cn2cnnn2)n1. The van der Waals surface area contributed by atoms with Crippen LogP contribution in [0.5, 0.6) is 0 Å². The average molecular weight is 266 g/mol. The summed E-state index contributed by atoms with van der Waals surface area (Å²) < 4.78 is 1.35. The molecule has 2 aromatic heterocycles. The number of amides is 1. The number of aromatic nitrogens is 5. The number of tetrazole rings is 1. The summed E-state index contributed by atoms with van der Waals surface area (Å²) in [5.74, 6) is -0.197. The van der Waals surface area contributed by atoms with Crippen LogP contribution >= 0.6 is 11.3 Å². The molecule has 1 N–H and O–H groups in total. The molecule has 0 saturated carbocycles. The number of rotatable bonds is 3. The molecule has 8 heteroatoms. The molecule has 0 unspecified atom stereocenters. The Kier molecular flexibility index (Phi) is 3.37. The number of carbonyl (C=O) groups excluding carboxylic acids is 1. The van der Waals surface area contributed by atoms with E-state index >= 15 is 0 Å². The Balaban J connectivity index is 1.97. The van der Waals surface area contributed by atoms with Crippen molar-refractivity contribution in [3.05, 3.63) is 17.4 Å². The lowest BCUT2D eigenvalue weighted by Crippen LogP contribution is -2.19. The van der Waals surface area contributed by atoms with Crippen molar-refractivity contribution in [3.8, 4) is 0 Å². The van der Waals surface area contributed by atoms with Crippen LogP contribution in [0, 0.1) is 0 Å². The van der Waals surface area contributed by atoms with Gasteiger partial charge in [0.2, 0.25) is 5.91 Å². The van der Waals surface area contributed by atoms with Gasteiger partial charge < -0.3 is 5.32 Å². The van der Waals surface area contributed by atoms with E-state index in [1.54, 1.807) is 0 Å². The van der Waals surface area contributed by atoms with Gasteiger partial charge in [0.25, 0.3) is 0 Å². The number of thiazole rings is 1. The minimum Gasteiger partial charge on any atom is -0.300 e. The molecule has 0 bridgehead atoms. The summed E-state index contributed by atoms with van der Waals surface area (Å²) in [4.78, 5) is 16.1. The zero-order valence-electron chi connectivity index (χ0n) is 10.4. The van der Waals surface area contributed by atoms with Crippen LogP contribution in [0.25, 0.3) is 0 Å².